The molecule has 0 saturated heterocycles. The van der Waals surface area contributed by atoms with E-state index in [0.717, 1.165) is 5.56 Å². The fraction of sp³-hybridized carbons (Fsp3) is 0.292. The maximum atomic E-state index is 13.4. The van der Waals surface area contributed by atoms with Gasteiger partial charge in [-0.1, -0.05) is 6.07 Å². The van der Waals surface area contributed by atoms with E-state index in [4.69, 9.17) is 14.2 Å². The molecule has 0 fully saturated rings. The smallest absolute Gasteiger partial charge is 0.243 e. The van der Waals surface area contributed by atoms with Crippen LogP contribution >= 0.6 is 0 Å². The van der Waals surface area contributed by atoms with Gasteiger partial charge in [0.1, 0.15) is 34.5 Å². The average molecular weight is 526 g/mol. The van der Waals surface area contributed by atoms with E-state index in [2.05, 4.69) is 29.9 Å². The van der Waals surface area contributed by atoms with Crippen molar-refractivity contribution in [2.75, 3.05) is 26.1 Å². The van der Waals surface area contributed by atoms with Crippen molar-refractivity contribution in [2.24, 2.45) is 0 Å². The Hall–Kier alpha value is -4.26. The zero-order valence-electron chi connectivity index (χ0n) is 21.0. The highest BCUT2D eigenvalue weighted by Gasteiger charge is 2.28. The second-order valence-electron chi connectivity index (χ2n) is 8.12. The van der Waals surface area contributed by atoms with Crippen LogP contribution in [0.4, 0.5) is 5.95 Å². The number of pyridine rings is 1. The van der Waals surface area contributed by atoms with Gasteiger partial charge < -0.3 is 14.2 Å². The lowest BCUT2D eigenvalue weighted by atomic mass is 10.2. The van der Waals surface area contributed by atoms with Crippen LogP contribution in [0.15, 0.2) is 48.9 Å². The fourth-order valence-electron chi connectivity index (χ4n) is 3.53. The van der Waals surface area contributed by atoms with Crippen molar-refractivity contribution in [2.45, 2.75) is 25.5 Å². The largest absolute Gasteiger partial charge is 0.495 e. The molecule has 1 N–H and O–H groups in total. The van der Waals surface area contributed by atoms with Gasteiger partial charge in [0.2, 0.25) is 16.0 Å². The molecular weight excluding hydrogens is 498 g/mol. The van der Waals surface area contributed by atoms with Gasteiger partial charge in [0.05, 0.1) is 32.8 Å². The lowest BCUT2D eigenvalue weighted by Gasteiger charge is -2.18. The van der Waals surface area contributed by atoms with Crippen molar-refractivity contribution in [3.05, 3.63) is 60.3 Å². The Morgan fingerprint density at radius 1 is 0.919 bits per heavy atom. The summed E-state index contributed by atoms with van der Waals surface area (Å²) in [6, 6.07) is 8.60. The summed E-state index contributed by atoms with van der Waals surface area (Å²) in [5.74, 6) is 1.99. The number of sulfonamides is 1. The molecule has 1 atom stereocenters. The van der Waals surface area contributed by atoms with Crippen LogP contribution in [-0.2, 0) is 16.4 Å². The first-order valence-corrected chi connectivity index (χ1v) is 12.8. The molecule has 0 aliphatic heterocycles. The quantitative estimate of drug-likeness (QED) is 0.328. The summed E-state index contributed by atoms with van der Waals surface area (Å²) in [5, 5.41) is 7.54. The molecule has 13 heteroatoms. The van der Waals surface area contributed by atoms with Crippen LogP contribution in [0, 0.1) is 6.92 Å². The Morgan fingerprint density at radius 3 is 2.16 bits per heavy atom. The highest BCUT2D eigenvalue weighted by molar-refractivity contribution is 7.93. The van der Waals surface area contributed by atoms with Crippen molar-refractivity contribution in [1.29, 1.82) is 0 Å². The van der Waals surface area contributed by atoms with E-state index >= 15 is 0 Å². The van der Waals surface area contributed by atoms with Gasteiger partial charge in [0.25, 0.3) is 0 Å². The molecule has 12 nitrogen and oxygen atoms in total. The fourth-order valence-corrected chi connectivity index (χ4v) is 4.49. The number of benzene rings is 1. The first kappa shape index (κ1) is 25.8. The van der Waals surface area contributed by atoms with Crippen LogP contribution in [0.3, 0.4) is 0 Å². The van der Waals surface area contributed by atoms with Crippen LogP contribution in [0.25, 0.3) is 17.2 Å². The third-order valence-corrected chi connectivity index (χ3v) is 7.25. The number of hydrogen-bond donors (Lipinski definition) is 1. The number of aryl methyl sites for hydroxylation is 1. The minimum Gasteiger partial charge on any atom is -0.495 e. The number of aromatic nitrogens is 6. The number of nitrogens with zero attached hydrogens (tertiary/aromatic N) is 6. The second-order valence-corrected chi connectivity index (χ2v) is 10.2. The summed E-state index contributed by atoms with van der Waals surface area (Å²) >= 11 is 0. The van der Waals surface area contributed by atoms with Crippen LogP contribution < -0.4 is 18.9 Å². The molecule has 3 aromatic heterocycles. The molecule has 4 rings (SSSR count). The van der Waals surface area contributed by atoms with E-state index in [0.29, 0.717) is 34.5 Å². The highest BCUT2D eigenvalue weighted by Crippen LogP contribution is 2.37. The Labute approximate surface area is 214 Å². The molecule has 0 amide bonds. The molecule has 37 heavy (non-hydrogen) atoms. The maximum absolute atomic E-state index is 13.4. The normalized spacial score (nSPS) is 12.1. The van der Waals surface area contributed by atoms with E-state index in [1.165, 1.54) is 32.1 Å². The zero-order valence-corrected chi connectivity index (χ0v) is 21.9. The minimum atomic E-state index is -3.95. The number of rotatable bonds is 10. The van der Waals surface area contributed by atoms with Gasteiger partial charge in [-0.15, -0.1) is 10.2 Å². The zero-order chi connectivity index (χ0) is 26.6. The topological polar surface area (TPSA) is 143 Å². The van der Waals surface area contributed by atoms with Crippen molar-refractivity contribution in [3.63, 3.8) is 0 Å². The maximum Gasteiger partial charge on any atom is 0.243 e. The molecule has 1 aromatic carbocycles. The van der Waals surface area contributed by atoms with E-state index in [-0.39, 0.29) is 18.2 Å². The highest BCUT2D eigenvalue weighted by atomic mass is 32.2. The van der Waals surface area contributed by atoms with Crippen molar-refractivity contribution < 1.29 is 22.6 Å². The van der Waals surface area contributed by atoms with E-state index in [1.54, 1.807) is 49.6 Å². The summed E-state index contributed by atoms with van der Waals surface area (Å²) < 4.78 is 47.1. The summed E-state index contributed by atoms with van der Waals surface area (Å²) in [4.78, 5) is 12.8. The molecule has 4 aromatic rings. The molecule has 0 spiro atoms. The van der Waals surface area contributed by atoms with Gasteiger partial charge in [-0.25, -0.2) is 23.4 Å². The summed E-state index contributed by atoms with van der Waals surface area (Å²) in [5.41, 5.74) is 1.71. The minimum absolute atomic E-state index is 0.0629. The molecule has 3 heterocycles. The number of ether oxygens (including phenoxy) is 3. The number of hydrogen-bond acceptors (Lipinski definition) is 10. The molecule has 0 aliphatic carbocycles. The Morgan fingerprint density at radius 2 is 1.59 bits per heavy atom. The third-order valence-electron chi connectivity index (χ3n) is 5.56. The molecule has 0 saturated carbocycles. The predicted octanol–water partition coefficient (Wildman–Crippen LogP) is 2.83. The average Bonchev–Trinajstić information content (AvgIpc) is 3.31. The van der Waals surface area contributed by atoms with Gasteiger partial charge in [0.15, 0.2) is 5.82 Å². The molecule has 194 valence electrons. The molecule has 0 unspecified atom stereocenters. The summed E-state index contributed by atoms with van der Waals surface area (Å²) in [6.45, 7) is 3.43. The van der Waals surface area contributed by atoms with Crippen LogP contribution in [-0.4, -0.2) is 64.7 Å². The Kier molecular flexibility index (Phi) is 7.53. The van der Waals surface area contributed by atoms with E-state index < -0.39 is 15.3 Å². The number of nitrogens with one attached hydrogen (secondary N) is 1. The first-order valence-electron chi connectivity index (χ1n) is 11.2. The molecule has 0 aliphatic rings. The number of para-hydroxylation sites is 1. The number of methoxy groups -OCH3 is 3. The van der Waals surface area contributed by atoms with Gasteiger partial charge in [-0.05, 0) is 43.7 Å². The SMILES string of the molecule is COc1ccc(-c2nnc(NS(=O)(=O)[C@@H](C)Cc3ncc(C)cn3)n2-c2c(OC)cccc2OC)nc1. The van der Waals surface area contributed by atoms with E-state index in [1.807, 2.05) is 6.92 Å². The first-order chi connectivity index (χ1) is 17.8. The van der Waals surface area contributed by atoms with Gasteiger partial charge in [-0.2, -0.15) is 0 Å². The van der Waals surface area contributed by atoms with Crippen LogP contribution in [0.5, 0.6) is 17.2 Å². The monoisotopic (exact) mass is 525 g/mol. The summed E-state index contributed by atoms with van der Waals surface area (Å²) in [6.07, 6.45) is 4.93. The van der Waals surface area contributed by atoms with Gasteiger partial charge in [-0.3, -0.25) is 9.29 Å². The van der Waals surface area contributed by atoms with Crippen LogP contribution in [0.2, 0.25) is 0 Å². The Bertz CT molecular complexity index is 1450. The third kappa shape index (κ3) is 5.45. The van der Waals surface area contributed by atoms with Crippen molar-refractivity contribution in [1.82, 2.24) is 29.7 Å². The second kappa shape index (κ2) is 10.8. The lowest BCUT2D eigenvalue weighted by molar-refractivity contribution is 0.391. The predicted molar refractivity (Wildman–Crippen MR) is 137 cm³/mol. The van der Waals surface area contributed by atoms with Crippen molar-refractivity contribution >= 4 is 16.0 Å². The molecular formula is C24H27N7O5S. The molecule has 0 bridgehead atoms. The van der Waals surface area contributed by atoms with Crippen molar-refractivity contribution in [3.8, 4) is 34.5 Å². The number of anilines is 1. The summed E-state index contributed by atoms with van der Waals surface area (Å²) in [7, 11) is 0.593. The van der Waals surface area contributed by atoms with E-state index in [9.17, 15) is 8.42 Å². The van der Waals surface area contributed by atoms with Gasteiger partial charge in [0, 0.05) is 18.8 Å². The standard InChI is InChI=1S/C24H27N7O5S/c1-15-12-26-21(27-13-15)11-16(2)37(32,33)30-24-29-28-23(18-10-9-17(34-3)14-25-18)31(24)22-19(35-4)7-6-8-20(22)36-5/h6-10,12-14,16H,11H2,1-5H3,(H,29,30)/t16-/m0/s1. The van der Waals surface area contributed by atoms with Crippen LogP contribution in [0.1, 0.15) is 18.3 Å². The Balaban J connectivity index is 1.80. The lowest BCUT2D eigenvalue weighted by Crippen LogP contribution is -2.29. The van der Waals surface area contributed by atoms with Gasteiger partial charge >= 0.3 is 0 Å². The molecule has 0 radical (unpaired) electrons.